The lowest BCUT2D eigenvalue weighted by Crippen LogP contribution is -1.96. The normalized spacial score (nSPS) is 18.8. The summed E-state index contributed by atoms with van der Waals surface area (Å²) in [7, 11) is 1.58. The van der Waals surface area contributed by atoms with Gasteiger partial charge in [-0.2, -0.15) is 0 Å². The maximum absolute atomic E-state index is 11.0. The Morgan fingerprint density at radius 2 is 2.20 bits per heavy atom. The number of carbonyl (C=O) groups is 1. The van der Waals surface area contributed by atoms with Crippen LogP contribution >= 0.6 is 0 Å². The second-order valence-corrected chi connectivity index (χ2v) is 2.64. The third kappa shape index (κ3) is 1.87. The zero-order chi connectivity index (χ0) is 7.56. The molecule has 0 N–H and O–H groups in total. The van der Waals surface area contributed by atoms with E-state index in [2.05, 4.69) is 0 Å². The largest absolute Gasteiger partial charge is 0.501 e. The van der Waals surface area contributed by atoms with Crippen molar-refractivity contribution in [1.29, 1.82) is 0 Å². The Hall–Kier alpha value is -0.790. The van der Waals surface area contributed by atoms with Gasteiger partial charge in [-0.15, -0.1) is 0 Å². The van der Waals surface area contributed by atoms with Crippen molar-refractivity contribution < 1.29 is 9.53 Å². The minimum Gasteiger partial charge on any atom is -0.501 e. The molecule has 0 bridgehead atoms. The van der Waals surface area contributed by atoms with E-state index in [1.807, 2.05) is 0 Å². The topological polar surface area (TPSA) is 26.3 Å². The number of ketones is 1. The maximum atomic E-state index is 11.0. The molecule has 0 unspecified atom stereocenters. The van der Waals surface area contributed by atoms with Crippen molar-refractivity contribution in [1.82, 2.24) is 0 Å². The molecule has 56 valence electrons. The van der Waals surface area contributed by atoms with Gasteiger partial charge >= 0.3 is 0 Å². The molecule has 0 aromatic rings. The van der Waals surface area contributed by atoms with Crippen LogP contribution in [0.25, 0.3) is 0 Å². The van der Waals surface area contributed by atoms with E-state index < -0.39 is 0 Å². The number of rotatable bonds is 3. The zero-order valence-electron chi connectivity index (χ0n) is 6.39. The highest BCUT2D eigenvalue weighted by Crippen LogP contribution is 2.30. The number of allylic oxidation sites excluding steroid dienone is 2. The molecule has 2 heteroatoms. The first-order chi connectivity index (χ1) is 4.74. The van der Waals surface area contributed by atoms with Gasteiger partial charge in [-0.25, -0.2) is 0 Å². The molecule has 0 spiro atoms. The number of carbonyl (C=O) groups excluding carboxylic acids is 1. The number of hydrogen-bond donors (Lipinski definition) is 0. The van der Waals surface area contributed by atoms with E-state index in [1.54, 1.807) is 20.1 Å². The summed E-state index contributed by atoms with van der Waals surface area (Å²) in [6, 6.07) is 0. The third-order valence-electron chi connectivity index (χ3n) is 1.65. The van der Waals surface area contributed by atoms with Gasteiger partial charge in [-0.3, -0.25) is 4.79 Å². The average molecular weight is 140 g/mol. The summed E-state index contributed by atoms with van der Waals surface area (Å²) in [5.74, 6) is 1.24. The van der Waals surface area contributed by atoms with Crippen LogP contribution in [0.1, 0.15) is 19.8 Å². The fraction of sp³-hybridized carbons (Fsp3) is 0.625. The first-order valence-electron chi connectivity index (χ1n) is 3.50. The van der Waals surface area contributed by atoms with Crippen molar-refractivity contribution >= 4 is 5.78 Å². The first kappa shape index (κ1) is 7.32. The third-order valence-corrected chi connectivity index (χ3v) is 1.65. The molecule has 1 aliphatic carbocycles. The Labute approximate surface area is 60.9 Å². The van der Waals surface area contributed by atoms with E-state index in [-0.39, 0.29) is 5.78 Å². The van der Waals surface area contributed by atoms with Crippen molar-refractivity contribution in [3.63, 3.8) is 0 Å². The molecule has 0 amide bonds. The summed E-state index contributed by atoms with van der Waals surface area (Å²) in [6.45, 7) is 1.79. The molecular formula is C8H12O2. The predicted molar refractivity (Wildman–Crippen MR) is 38.5 cm³/mol. The van der Waals surface area contributed by atoms with Crippen molar-refractivity contribution in [3.05, 3.63) is 11.8 Å². The van der Waals surface area contributed by atoms with Gasteiger partial charge in [0.05, 0.1) is 12.9 Å². The van der Waals surface area contributed by atoms with E-state index in [0.717, 1.165) is 12.8 Å². The smallest absolute Gasteiger partial charge is 0.162 e. The molecule has 0 aliphatic heterocycles. The Morgan fingerprint density at radius 3 is 2.60 bits per heavy atom. The monoisotopic (exact) mass is 140 g/mol. The first-order valence-corrected chi connectivity index (χ1v) is 3.50. The Bertz CT molecular complexity index is 166. The van der Waals surface area contributed by atoms with Crippen molar-refractivity contribution in [2.45, 2.75) is 19.8 Å². The SMILES string of the molecule is CO/C(C)=C\C(=O)C1CC1. The molecule has 1 fully saturated rings. The fourth-order valence-electron chi connectivity index (χ4n) is 0.745. The van der Waals surface area contributed by atoms with Crippen LogP contribution in [0.15, 0.2) is 11.8 Å². The summed E-state index contributed by atoms with van der Waals surface area (Å²) < 4.78 is 4.84. The van der Waals surface area contributed by atoms with Crippen LogP contribution in [-0.2, 0) is 9.53 Å². The molecule has 0 radical (unpaired) electrons. The molecule has 0 heterocycles. The van der Waals surface area contributed by atoms with Crippen LogP contribution in [0.5, 0.6) is 0 Å². The van der Waals surface area contributed by atoms with Crippen LogP contribution in [0.3, 0.4) is 0 Å². The van der Waals surface area contributed by atoms with Gasteiger partial charge in [-0.1, -0.05) is 0 Å². The second kappa shape index (κ2) is 2.86. The standard InChI is InChI=1S/C8H12O2/c1-6(10-2)5-8(9)7-3-4-7/h5,7H,3-4H2,1-2H3/b6-5-. The van der Waals surface area contributed by atoms with Crippen LogP contribution < -0.4 is 0 Å². The highest BCUT2D eigenvalue weighted by molar-refractivity contribution is 5.93. The van der Waals surface area contributed by atoms with Crippen molar-refractivity contribution in [3.8, 4) is 0 Å². The van der Waals surface area contributed by atoms with E-state index in [9.17, 15) is 4.79 Å². The lowest BCUT2D eigenvalue weighted by atomic mass is 10.2. The number of ether oxygens (including phenoxy) is 1. The van der Waals surface area contributed by atoms with Gasteiger partial charge in [0.1, 0.15) is 0 Å². The molecule has 1 aliphatic rings. The maximum Gasteiger partial charge on any atom is 0.162 e. The van der Waals surface area contributed by atoms with Crippen LogP contribution in [-0.4, -0.2) is 12.9 Å². The molecule has 0 saturated heterocycles. The molecule has 10 heavy (non-hydrogen) atoms. The number of hydrogen-bond acceptors (Lipinski definition) is 2. The van der Waals surface area contributed by atoms with Crippen LogP contribution in [0.2, 0.25) is 0 Å². The number of methoxy groups -OCH3 is 1. The van der Waals surface area contributed by atoms with E-state index in [0.29, 0.717) is 11.7 Å². The Balaban J connectivity index is 2.41. The van der Waals surface area contributed by atoms with Gasteiger partial charge in [-0.05, 0) is 19.8 Å². The summed E-state index contributed by atoms with van der Waals surface area (Å²) in [5, 5.41) is 0. The molecule has 2 nitrogen and oxygen atoms in total. The molecule has 0 atom stereocenters. The van der Waals surface area contributed by atoms with E-state index >= 15 is 0 Å². The van der Waals surface area contributed by atoms with Gasteiger partial charge in [0.15, 0.2) is 5.78 Å². The average Bonchev–Trinajstić information content (AvgIpc) is 2.68. The Kier molecular flexibility index (Phi) is 2.10. The zero-order valence-corrected chi connectivity index (χ0v) is 6.39. The summed E-state index contributed by atoms with van der Waals surface area (Å²) in [6.07, 6.45) is 3.70. The fourth-order valence-corrected chi connectivity index (χ4v) is 0.745. The van der Waals surface area contributed by atoms with Crippen LogP contribution in [0, 0.1) is 5.92 Å². The predicted octanol–water partition coefficient (Wildman–Crippen LogP) is 1.52. The molecule has 0 aromatic carbocycles. The van der Waals surface area contributed by atoms with Crippen molar-refractivity contribution in [2.75, 3.05) is 7.11 Å². The van der Waals surface area contributed by atoms with Crippen LogP contribution in [0.4, 0.5) is 0 Å². The molecular weight excluding hydrogens is 128 g/mol. The highest BCUT2D eigenvalue weighted by Gasteiger charge is 2.27. The van der Waals surface area contributed by atoms with Gasteiger partial charge in [0.25, 0.3) is 0 Å². The molecule has 1 saturated carbocycles. The summed E-state index contributed by atoms with van der Waals surface area (Å²) >= 11 is 0. The summed E-state index contributed by atoms with van der Waals surface area (Å²) in [4.78, 5) is 11.0. The van der Waals surface area contributed by atoms with Crippen molar-refractivity contribution in [2.24, 2.45) is 5.92 Å². The summed E-state index contributed by atoms with van der Waals surface area (Å²) in [5.41, 5.74) is 0. The van der Waals surface area contributed by atoms with E-state index in [1.165, 1.54) is 0 Å². The quantitative estimate of drug-likeness (QED) is 0.439. The highest BCUT2D eigenvalue weighted by atomic mass is 16.5. The second-order valence-electron chi connectivity index (χ2n) is 2.64. The van der Waals surface area contributed by atoms with Gasteiger partial charge in [0, 0.05) is 12.0 Å². The van der Waals surface area contributed by atoms with Gasteiger partial charge in [0.2, 0.25) is 0 Å². The minimum atomic E-state index is 0.222. The minimum absolute atomic E-state index is 0.222. The lowest BCUT2D eigenvalue weighted by molar-refractivity contribution is -0.115. The molecule has 1 rings (SSSR count). The van der Waals surface area contributed by atoms with E-state index in [4.69, 9.17) is 4.74 Å². The lowest BCUT2D eigenvalue weighted by Gasteiger charge is -1.95. The van der Waals surface area contributed by atoms with Gasteiger partial charge < -0.3 is 4.74 Å². The molecule has 0 aromatic heterocycles. The Morgan fingerprint density at radius 1 is 1.60 bits per heavy atom.